The quantitative estimate of drug-likeness (QED) is 0.377. The van der Waals surface area contributed by atoms with Crippen LogP contribution >= 0.6 is 0 Å². The lowest BCUT2D eigenvalue weighted by molar-refractivity contribution is -0.134. The maximum absolute atomic E-state index is 13.8. The second kappa shape index (κ2) is 10.3. The summed E-state index contributed by atoms with van der Waals surface area (Å²) in [5.74, 6) is -2.93. The molecule has 0 saturated heterocycles. The van der Waals surface area contributed by atoms with E-state index in [1.165, 1.54) is 4.57 Å². The van der Waals surface area contributed by atoms with Gasteiger partial charge in [-0.25, -0.2) is 9.59 Å². The second-order valence-electron chi connectivity index (χ2n) is 7.80. The summed E-state index contributed by atoms with van der Waals surface area (Å²) < 4.78 is 12.6. The highest BCUT2D eigenvalue weighted by Crippen LogP contribution is 2.32. The van der Waals surface area contributed by atoms with Gasteiger partial charge in [0.2, 0.25) is 0 Å². The smallest absolute Gasteiger partial charge is 0.350 e. The Bertz CT molecular complexity index is 1510. The molecule has 36 heavy (non-hydrogen) atoms. The number of carbonyl (C=O) groups is 3. The van der Waals surface area contributed by atoms with E-state index in [0.717, 1.165) is 10.1 Å². The van der Waals surface area contributed by atoms with Crippen molar-refractivity contribution in [2.75, 3.05) is 6.61 Å². The van der Waals surface area contributed by atoms with Gasteiger partial charge in [-0.05, 0) is 18.1 Å². The number of nitrogens with zero attached hydrogens (tertiary/aromatic N) is 3. The fourth-order valence-electron chi connectivity index (χ4n) is 3.91. The number of primary amides is 1. The number of hydrogen-bond acceptors (Lipinski definition) is 7. The Kier molecular flexibility index (Phi) is 6.95. The maximum Gasteiger partial charge on any atom is 0.350 e. The predicted octanol–water partition coefficient (Wildman–Crippen LogP) is 2.80. The molecule has 0 aliphatic heterocycles. The molecule has 2 N–H and O–H groups in total. The molecule has 10 heteroatoms. The standard InChI is InChI=1S/C26H24N4O6/c1-3-18(31)36-24-20(25(33)35-4-2)22-19(23(27)32)21(17-13-9-6-10-14-17)29(26(34)30(22)28-24)15-16-11-7-5-8-12-16/h5-14H,3-4,15H2,1-2H3,(H2,27,32). The topological polar surface area (TPSA) is 135 Å². The van der Waals surface area contributed by atoms with Crippen molar-refractivity contribution in [3.8, 4) is 17.1 Å². The van der Waals surface area contributed by atoms with E-state index in [9.17, 15) is 19.2 Å². The van der Waals surface area contributed by atoms with Gasteiger partial charge in [-0.1, -0.05) is 67.6 Å². The van der Waals surface area contributed by atoms with Gasteiger partial charge in [0.15, 0.2) is 5.56 Å². The van der Waals surface area contributed by atoms with Crippen molar-refractivity contribution in [3.05, 3.63) is 87.8 Å². The van der Waals surface area contributed by atoms with Crippen LogP contribution in [0, 0.1) is 0 Å². The molecule has 4 aromatic rings. The Labute approximate surface area is 205 Å². The van der Waals surface area contributed by atoms with Crippen molar-refractivity contribution < 1.29 is 23.9 Å². The van der Waals surface area contributed by atoms with Crippen molar-refractivity contribution in [2.45, 2.75) is 26.8 Å². The van der Waals surface area contributed by atoms with Crippen LogP contribution in [0.15, 0.2) is 65.5 Å². The number of esters is 2. The van der Waals surface area contributed by atoms with Crippen LogP contribution in [0.25, 0.3) is 16.8 Å². The molecule has 4 rings (SSSR count). The molecule has 1 amide bonds. The number of ether oxygens (including phenoxy) is 2. The highest BCUT2D eigenvalue weighted by Gasteiger charge is 2.32. The van der Waals surface area contributed by atoms with Crippen molar-refractivity contribution in [2.24, 2.45) is 5.73 Å². The molecule has 2 aromatic heterocycles. The normalized spacial score (nSPS) is 10.8. The van der Waals surface area contributed by atoms with Gasteiger partial charge < -0.3 is 15.2 Å². The molecule has 0 unspecified atom stereocenters. The number of hydrogen-bond donors (Lipinski definition) is 1. The zero-order chi connectivity index (χ0) is 25.8. The minimum atomic E-state index is -0.909. The van der Waals surface area contributed by atoms with E-state index in [4.69, 9.17) is 15.2 Å². The molecule has 2 aromatic carbocycles. The van der Waals surface area contributed by atoms with E-state index >= 15 is 0 Å². The summed E-state index contributed by atoms with van der Waals surface area (Å²) >= 11 is 0. The van der Waals surface area contributed by atoms with E-state index < -0.39 is 29.4 Å². The first kappa shape index (κ1) is 24.4. The first-order chi connectivity index (χ1) is 17.4. The number of nitrogens with two attached hydrogens (primary N) is 1. The molecule has 0 atom stereocenters. The summed E-state index contributed by atoms with van der Waals surface area (Å²) in [7, 11) is 0. The number of amides is 1. The van der Waals surface area contributed by atoms with Gasteiger partial charge in [0.25, 0.3) is 11.8 Å². The Morgan fingerprint density at radius 2 is 1.58 bits per heavy atom. The first-order valence-electron chi connectivity index (χ1n) is 11.3. The Hall–Kier alpha value is -4.73. The van der Waals surface area contributed by atoms with Crippen LogP contribution in [0.4, 0.5) is 0 Å². The lowest BCUT2D eigenvalue weighted by Gasteiger charge is -2.18. The van der Waals surface area contributed by atoms with Crippen LogP contribution in [0.1, 0.15) is 46.5 Å². The average molecular weight is 489 g/mol. The Morgan fingerprint density at radius 3 is 2.17 bits per heavy atom. The van der Waals surface area contributed by atoms with Gasteiger partial charge in [0.05, 0.1) is 24.4 Å². The third-order valence-corrected chi connectivity index (χ3v) is 5.46. The fraction of sp³-hybridized carbons (Fsp3) is 0.192. The van der Waals surface area contributed by atoms with Crippen LogP contribution in [-0.2, 0) is 16.1 Å². The van der Waals surface area contributed by atoms with Crippen LogP contribution in [0.2, 0.25) is 0 Å². The van der Waals surface area contributed by atoms with Crippen molar-refractivity contribution in [3.63, 3.8) is 0 Å². The van der Waals surface area contributed by atoms with Crippen LogP contribution in [0.5, 0.6) is 5.88 Å². The molecule has 2 heterocycles. The monoisotopic (exact) mass is 488 g/mol. The second-order valence-corrected chi connectivity index (χ2v) is 7.80. The lowest BCUT2D eigenvalue weighted by Crippen LogP contribution is -2.33. The molecular weight excluding hydrogens is 464 g/mol. The minimum Gasteiger partial charge on any atom is -0.462 e. The molecule has 184 valence electrons. The minimum absolute atomic E-state index is 0.000141. The molecule has 0 saturated carbocycles. The van der Waals surface area contributed by atoms with Crippen molar-refractivity contribution in [1.29, 1.82) is 0 Å². The number of fused-ring (bicyclic) bond motifs is 1. The summed E-state index contributed by atoms with van der Waals surface area (Å²) in [6.45, 7) is 3.24. The van der Waals surface area contributed by atoms with Crippen LogP contribution in [-0.4, -0.2) is 38.6 Å². The molecule has 0 bridgehead atoms. The third kappa shape index (κ3) is 4.48. The van der Waals surface area contributed by atoms with E-state index in [-0.39, 0.29) is 41.9 Å². The van der Waals surface area contributed by atoms with Gasteiger partial charge in [0, 0.05) is 6.42 Å². The van der Waals surface area contributed by atoms with E-state index in [2.05, 4.69) is 5.10 Å². The first-order valence-corrected chi connectivity index (χ1v) is 11.3. The summed E-state index contributed by atoms with van der Waals surface area (Å²) in [5.41, 5.74) is 6.04. The molecule has 0 aliphatic rings. The zero-order valence-corrected chi connectivity index (χ0v) is 19.8. The van der Waals surface area contributed by atoms with Crippen LogP contribution in [0.3, 0.4) is 0 Å². The summed E-state index contributed by atoms with van der Waals surface area (Å²) in [4.78, 5) is 51.9. The number of carbonyl (C=O) groups excluding carboxylic acids is 3. The van der Waals surface area contributed by atoms with Gasteiger partial charge in [0.1, 0.15) is 5.52 Å². The summed E-state index contributed by atoms with van der Waals surface area (Å²) in [6.07, 6.45) is -0.00762. The SMILES string of the molecule is CCOC(=O)c1c(OC(=O)CC)nn2c(=O)n(Cc3ccccc3)c(-c3ccccc3)c(C(N)=O)c12. The summed E-state index contributed by atoms with van der Waals surface area (Å²) in [6, 6.07) is 17.9. The van der Waals surface area contributed by atoms with Crippen molar-refractivity contribution in [1.82, 2.24) is 14.2 Å². The largest absolute Gasteiger partial charge is 0.462 e. The molecule has 10 nitrogen and oxygen atoms in total. The molecule has 0 fully saturated rings. The van der Waals surface area contributed by atoms with E-state index in [1.54, 1.807) is 44.2 Å². The van der Waals surface area contributed by atoms with E-state index in [0.29, 0.717) is 5.56 Å². The highest BCUT2D eigenvalue weighted by molar-refractivity contribution is 6.12. The molecule has 0 spiro atoms. The maximum atomic E-state index is 13.8. The third-order valence-electron chi connectivity index (χ3n) is 5.46. The highest BCUT2D eigenvalue weighted by atomic mass is 16.6. The van der Waals surface area contributed by atoms with Crippen molar-refractivity contribution >= 4 is 23.4 Å². The van der Waals surface area contributed by atoms with Crippen LogP contribution < -0.4 is 16.2 Å². The average Bonchev–Trinajstić information content (AvgIpc) is 3.25. The Morgan fingerprint density at radius 1 is 0.944 bits per heavy atom. The molecule has 0 radical (unpaired) electrons. The van der Waals surface area contributed by atoms with E-state index in [1.807, 2.05) is 30.3 Å². The number of benzene rings is 2. The molecular formula is C26H24N4O6. The summed E-state index contributed by atoms with van der Waals surface area (Å²) in [5, 5.41) is 4.12. The fourth-order valence-corrected chi connectivity index (χ4v) is 3.91. The molecule has 0 aliphatic carbocycles. The predicted molar refractivity (Wildman–Crippen MR) is 131 cm³/mol. The van der Waals surface area contributed by atoms with Gasteiger partial charge in [-0.3, -0.25) is 14.2 Å². The van der Waals surface area contributed by atoms with Gasteiger partial charge in [-0.2, -0.15) is 4.52 Å². The lowest BCUT2D eigenvalue weighted by atomic mass is 10.0. The number of aromatic nitrogens is 3. The zero-order valence-electron chi connectivity index (χ0n) is 19.8. The number of rotatable bonds is 8. The van der Waals surface area contributed by atoms with Gasteiger partial charge >= 0.3 is 17.6 Å². The Balaban J connectivity index is 2.17. The van der Waals surface area contributed by atoms with Gasteiger partial charge in [-0.15, -0.1) is 5.10 Å².